The van der Waals surface area contributed by atoms with E-state index in [-0.39, 0.29) is 11.9 Å². The third-order valence-corrected chi connectivity index (χ3v) is 7.91. The van der Waals surface area contributed by atoms with Crippen molar-refractivity contribution in [3.63, 3.8) is 0 Å². The summed E-state index contributed by atoms with van der Waals surface area (Å²) in [5, 5.41) is 5.53. The largest absolute Gasteiger partial charge is 0.361 e. The number of carbonyl (C=O) groups is 2. The number of hydrogen-bond donors (Lipinski definition) is 0. The Hall–Kier alpha value is -4.53. The van der Waals surface area contributed by atoms with E-state index in [1.165, 1.54) is 4.90 Å². The Bertz CT molecular complexity index is 1810. The van der Waals surface area contributed by atoms with E-state index in [1.807, 2.05) is 62.4 Å². The minimum Gasteiger partial charge on any atom is -0.361 e. The van der Waals surface area contributed by atoms with Crippen molar-refractivity contribution < 1.29 is 22.9 Å². The number of alkyl halides is 2. The van der Waals surface area contributed by atoms with E-state index in [9.17, 15) is 18.4 Å². The lowest BCUT2D eigenvalue weighted by molar-refractivity contribution is -0.113. The van der Waals surface area contributed by atoms with E-state index >= 15 is 0 Å². The van der Waals surface area contributed by atoms with Crippen LogP contribution in [-0.4, -0.2) is 64.4 Å². The van der Waals surface area contributed by atoms with E-state index in [0.717, 1.165) is 32.6 Å². The molecule has 7 nitrogen and oxygen atoms in total. The molecule has 5 aromatic rings. The van der Waals surface area contributed by atoms with E-state index in [2.05, 4.69) is 16.6 Å². The molecule has 0 N–H and O–H groups in total. The molecule has 1 saturated heterocycles. The number of fused-ring (bicyclic) bond motifs is 3. The van der Waals surface area contributed by atoms with Crippen LogP contribution in [0.4, 0.5) is 8.78 Å². The van der Waals surface area contributed by atoms with Crippen molar-refractivity contribution in [3.05, 3.63) is 88.8 Å². The highest BCUT2D eigenvalue weighted by Crippen LogP contribution is 2.41. The standard InChI is InChI=1S/C32H30F2N4O3/c1-18-28(20(3)41-35-18)23-14-25(31(40)36(4)5)29-24-13-22(30(39)37-16-32(33,34)17-37)11-12-26(24)38(27(29)15-23)19(2)21-9-7-6-8-10-21/h6-15,19H,16-17H2,1-5H3. The average Bonchev–Trinajstić information content (AvgIpc) is 3.45. The molecule has 0 radical (unpaired) electrons. The fourth-order valence-electron chi connectivity index (χ4n) is 5.89. The Kier molecular flexibility index (Phi) is 6.21. The molecular weight excluding hydrogens is 526 g/mol. The maximum absolute atomic E-state index is 13.7. The van der Waals surface area contributed by atoms with Gasteiger partial charge in [-0.1, -0.05) is 35.5 Å². The van der Waals surface area contributed by atoms with Crippen LogP contribution in [0, 0.1) is 13.8 Å². The number of benzene rings is 3. The molecule has 0 bridgehead atoms. The van der Waals surface area contributed by atoms with Crippen LogP contribution in [0.2, 0.25) is 0 Å². The average molecular weight is 557 g/mol. The van der Waals surface area contributed by atoms with E-state index < -0.39 is 24.9 Å². The van der Waals surface area contributed by atoms with Gasteiger partial charge in [0.1, 0.15) is 5.76 Å². The number of halogens is 2. The zero-order valence-electron chi connectivity index (χ0n) is 23.5. The second kappa shape index (κ2) is 9.54. The molecule has 0 spiro atoms. The first-order chi connectivity index (χ1) is 19.5. The van der Waals surface area contributed by atoms with Crippen molar-refractivity contribution in [1.29, 1.82) is 0 Å². The van der Waals surface area contributed by atoms with Crippen molar-refractivity contribution in [1.82, 2.24) is 19.5 Å². The van der Waals surface area contributed by atoms with Gasteiger partial charge in [0.05, 0.1) is 35.9 Å². The zero-order valence-corrected chi connectivity index (χ0v) is 23.5. The molecule has 1 unspecified atom stereocenters. The fourth-order valence-corrected chi connectivity index (χ4v) is 5.89. The Morgan fingerprint density at radius 3 is 2.32 bits per heavy atom. The summed E-state index contributed by atoms with van der Waals surface area (Å²) in [6.45, 7) is 4.60. The number of rotatable bonds is 5. The number of hydrogen-bond acceptors (Lipinski definition) is 4. The summed E-state index contributed by atoms with van der Waals surface area (Å²) in [5.41, 5.74) is 5.79. The lowest BCUT2D eigenvalue weighted by Crippen LogP contribution is -2.58. The molecule has 9 heteroatoms. The second-order valence-electron chi connectivity index (χ2n) is 11.0. The molecule has 210 valence electrons. The lowest BCUT2D eigenvalue weighted by Gasteiger charge is -2.38. The summed E-state index contributed by atoms with van der Waals surface area (Å²) in [4.78, 5) is 29.5. The monoisotopic (exact) mass is 556 g/mol. The molecule has 2 amide bonds. The van der Waals surface area contributed by atoms with Crippen molar-refractivity contribution in [2.24, 2.45) is 0 Å². The molecule has 1 fully saturated rings. The first kappa shape index (κ1) is 26.7. The highest BCUT2D eigenvalue weighted by atomic mass is 19.3. The number of nitrogens with zero attached hydrogens (tertiary/aromatic N) is 4. The summed E-state index contributed by atoms with van der Waals surface area (Å²) in [6.07, 6.45) is 0. The van der Waals surface area contributed by atoms with Gasteiger partial charge in [-0.25, -0.2) is 8.78 Å². The molecule has 1 aliphatic rings. The fraction of sp³-hybridized carbons (Fsp3) is 0.281. The van der Waals surface area contributed by atoms with Crippen LogP contribution in [0.5, 0.6) is 0 Å². The van der Waals surface area contributed by atoms with E-state index in [0.29, 0.717) is 33.4 Å². The SMILES string of the molecule is Cc1noc(C)c1-c1cc(C(=O)N(C)C)c2c3cc(C(=O)N4CC(F)(F)C4)ccc3n(C(C)c3ccccc3)c2c1. The summed E-state index contributed by atoms with van der Waals surface area (Å²) in [5.74, 6) is -2.87. The first-order valence-corrected chi connectivity index (χ1v) is 13.5. The number of carbonyl (C=O) groups excluding carboxylic acids is 2. The minimum atomic E-state index is -2.86. The second-order valence-corrected chi connectivity index (χ2v) is 11.0. The van der Waals surface area contributed by atoms with E-state index in [4.69, 9.17) is 4.52 Å². The van der Waals surface area contributed by atoms with Gasteiger partial charge in [0.2, 0.25) is 0 Å². The molecule has 1 atom stereocenters. The molecule has 3 heterocycles. The number of aryl methyl sites for hydroxylation is 2. The normalized spacial score (nSPS) is 15.2. The Balaban J connectivity index is 1.67. The van der Waals surface area contributed by atoms with Gasteiger partial charge in [0.25, 0.3) is 17.7 Å². The van der Waals surface area contributed by atoms with Crippen molar-refractivity contribution in [3.8, 4) is 11.1 Å². The van der Waals surface area contributed by atoms with Gasteiger partial charge in [-0.2, -0.15) is 0 Å². The maximum Gasteiger partial charge on any atom is 0.282 e. The molecular formula is C32H30F2N4O3. The third kappa shape index (κ3) is 4.36. The van der Waals surface area contributed by atoms with Gasteiger partial charge in [-0.05, 0) is 62.2 Å². The van der Waals surface area contributed by atoms with Crippen molar-refractivity contribution in [2.75, 3.05) is 27.2 Å². The lowest BCUT2D eigenvalue weighted by atomic mass is 9.96. The Morgan fingerprint density at radius 1 is 1.00 bits per heavy atom. The summed E-state index contributed by atoms with van der Waals surface area (Å²) in [7, 11) is 3.39. The smallest absolute Gasteiger partial charge is 0.282 e. The number of likely N-dealkylation sites (tertiary alicyclic amines) is 1. The van der Waals surface area contributed by atoms with Crippen LogP contribution in [0.3, 0.4) is 0 Å². The van der Waals surface area contributed by atoms with Gasteiger partial charge >= 0.3 is 0 Å². The van der Waals surface area contributed by atoms with Gasteiger partial charge in [0.15, 0.2) is 0 Å². The van der Waals surface area contributed by atoms with Crippen LogP contribution < -0.4 is 0 Å². The zero-order chi connectivity index (χ0) is 29.2. The molecule has 3 aromatic carbocycles. The Morgan fingerprint density at radius 2 is 1.71 bits per heavy atom. The van der Waals surface area contributed by atoms with Gasteiger partial charge < -0.3 is 18.9 Å². The Labute approximate surface area is 235 Å². The summed E-state index contributed by atoms with van der Waals surface area (Å²) < 4.78 is 34.7. The molecule has 1 aliphatic heterocycles. The maximum atomic E-state index is 13.7. The van der Waals surface area contributed by atoms with Gasteiger partial charge in [-0.15, -0.1) is 0 Å². The van der Waals surface area contributed by atoms with Crippen LogP contribution in [0.25, 0.3) is 32.9 Å². The molecule has 0 aliphatic carbocycles. The van der Waals surface area contributed by atoms with Gasteiger partial charge in [0, 0.05) is 41.5 Å². The van der Waals surface area contributed by atoms with Crippen LogP contribution >= 0.6 is 0 Å². The van der Waals surface area contributed by atoms with Crippen LogP contribution in [0.1, 0.15) is 50.7 Å². The minimum absolute atomic E-state index is 0.131. The highest BCUT2D eigenvalue weighted by Gasteiger charge is 2.46. The van der Waals surface area contributed by atoms with Crippen molar-refractivity contribution in [2.45, 2.75) is 32.7 Å². The topological polar surface area (TPSA) is 71.6 Å². The van der Waals surface area contributed by atoms with Crippen molar-refractivity contribution >= 4 is 33.6 Å². The molecule has 2 aromatic heterocycles. The third-order valence-electron chi connectivity index (χ3n) is 7.91. The van der Waals surface area contributed by atoms with E-state index in [1.54, 1.807) is 26.2 Å². The summed E-state index contributed by atoms with van der Waals surface area (Å²) in [6, 6.07) is 19.0. The summed E-state index contributed by atoms with van der Waals surface area (Å²) >= 11 is 0. The van der Waals surface area contributed by atoms with Crippen LogP contribution in [-0.2, 0) is 0 Å². The first-order valence-electron chi connectivity index (χ1n) is 13.5. The predicted molar refractivity (Wildman–Crippen MR) is 154 cm³/mol. The van der Waals surface area contributed by atoms with Gasteiger partial charge in [-0.3, -0.25) is 9.59 Å². The predicted octanol–water partition coefficient (Wildman–Crippen LogP) is 6.47. The quantitative estimate of drug-likeness (QED) is 0.249. The molecule has 0 saturated carbocycles. The number of aromatic nitrogens is 2. The molecule has 41 heavy (non-hydrogen) atoms. The van der Waals surface area contributed by atoms with Crippen LogP contribution in [0.15, 0.2) is 65.2 Å². The molecule has 6 rings (SSSR count). The number of amides is 2. The highest BCUT2D eigenvalue weighted by molar-refractivity contribution is 6.20.